The molecule has 0 aliphatic rings. The summed E-state index contributed by atoms with van der Waals surface area (Å²) in [6.45, 7) is 3.61. The van der Waals surface area contributed by atoms with E-state index in [0.29, 0.717) is 17.2 Å². The number of methoxy groups -OCH3 is 1. The second-order valence-electron chi connectivity index (χ2n) is 6.53. The van der Waals surface area contributed by atoms with Gasteiger partial charge in [-0.3, -0.25) is 9.78 Å². The van der Waals surface area contributed by atoms with Crippen LogP contribution in [0.2, 0.25) is 0 Å². The summed E-state index contributed by atoms with van der Waals surface area (Å²) >= 11 is 0. The molecule has 0 aliphatic carbocycles. The zero-order valence-corrected chi connectivity index (χ0v) is 16.9. The van der Waals surface area contributed by atoms with Crippen LogP contribution in [0.4, 0.5) is 5.69 Å². The lowest BCUT2D eigenvalue weighted by Crippen LogP contribution is -2.20. The maximum atomic E-state index is 12.3. The van der Waals surface area contributed by atoms with E-state index in [-0.39, 0.29) is 12.5 Å². The van der Waals surface area contributed by atoms with E-state index in [1.807, 2.05) is 72.8 Å². The topological polar surface area (TPSA) is 60.5 Å². The number of rotatable bonds is 9. The van der Waals surface area contributed by atoms with Crippen molar-refractivity contribution in [2.45, 2.75) is 6.42 Å². The molecule has 1 aromatic heterocycles. The van der Waals surface area contributed by atoms with E-state index in [1.54, 1.807) is 19.4 Å². The monoisotopic (exact) mass is 400 g/mol. The zero-order valence-electron chi connectivity index (χ0n) is 16.9. The van der Waals surface area contributed by atoms with Gasteiger partial charge in [0.25, 0.3) is 5.91 Å². The van der Waals surface area contributed by atoms with Crippen molar-refractivity contribution in [1.82, 2.24) is 4.98 Å². The maximum Gasteiger partial charge on any atom is 0.262 e. The first-order valence-corrected chi connectivity index (χ1v) is 9.57. The standard InChI is InChI=1S/C25H24N2O3/c1-3-7-19-12-14-23(24(17-19)29-2)30-18-25(28)27-22-10-6-8-20(16-22)11-13-21-9-4-5-15-26-21/h3-6,8-17H,1,7,18H2,2H3,(H,27,28). The fraction of sp³-hybridized carbons (Fsp3) is 0.120. The van der Waals surface area contributed by atoms with Crippen molar-refractivity contribution in [1.29, 1.82) is 0 Å². The van der Waals surface area contributed by atoms with Crippen LogP contribution >= 0.6 is 0 Å². The largest absolute Gasteiger partial charge is 0.493 e. The van der Waals surface area contributed by atoms with Gasteiger partial charge < -0.3 is 14.8 Å². The number of carbonyl (C=O) groups is 1. The number of amides is 1. The Kier molecular flexibility index (Phi) is 7.39. The van der Waals surface area contributed by atoms with Crippen LogP contribution < -0.4 is 14.8 Å². The Hall–Kier alpha value is -3.86. The third-order valence-corrected chi connectivity index (χ3v) is 4.27. The molecule has 0 aliphatic heterocycles. The van der Waals surface area contributed by atoms with Gasteiger partial charge in [-0.2, -0.15) is 0 Å². The first kappa shape index (κ1) is 20.9. The number of ether oxygens (including phenoxy) is 2. The van der Waals surface area contributed by atoms with Crippen molar-refractivity contribution >= 4 is 23.7 Å². The number of allylic oxidation sites excluding steroid dienone is 1. The molecule has 3 rings (SSSR count). The molecule has 0 bridgehead atoms. The Morgan fingerprint density at radius 2 is 1.97 bits per heavy atom. The molecule has 30 heavy (non-hydrogen) atoms. The molecule has 152 valence electrons. The van der Waals surface area contributed by atoms with Crippen molar-refractivity contribution in [3.63, 3.8) is 0 Å². The molecule has 1 amide bonds. The highest BCUT2D eigenvalue weighted by Crippen LogP contribution is 2.28. The molecule has 5 nitrogen and oxygen atoms in total. The Bertz CT molecular complexity index is 1030. The van der Waals surface area contributed by atoms with Crippen molar-refractivity contribution < 1.29 is 14.3 Å². The van der Waals surface area contributed by atoms with Gasteiger partial charge in [-0.15, -0.1) is 6.58 Å². The fourth-order valence-electron chi connectivity index (χ4n) is 2.84. The van der Waals surface area contributed by atoms with E-state index in [4.69, 9.17) is 9.47 Å². The van der Waals surface area contributed by atoms with Crippen LogP contribution in [-0.4, -0.2) is 24.6 Å². The fourth-order valence-corrected chi connectivity index (χ4v) is 2.84. The minimum absolute atomic E-state index is 0.120. The van der Waals surface area contributed by atoms with E-state index in [1.165, 1.54) is 0 Å². The lowest BCUT2D eigenvalue weighted by atomic mass is 10.1. The molecule has 0 fully saturated rings. The van der Waals surface area contributed by atoms with Crippen molar-refractivity contribution in [2.75, 3.05) is 19.0 Å². The van der Waals surface area contributed by atoms with Crippen LogP contribution in [0.15, 0.2) is 79.5 Å². The van der Waals surface area contributed by atoms with Gasteiger partial charge in [-0.1, -0.05) is 36.4 Å². The normalized spacial score (nSPS) is 10.6. The summed E-state index contributed by atoms with van der Waals surface area (Å²) in [4.78, 5) is 16.6. The highest BCUT2D eigenvalue weighted by atomic mass is 16.5. The van der Waals surface area contributed by atoms with E-state index in [0.717, 1.165) is 23.2 Å². The maximum absolute atomic E-state index is 12.3. The minimum atomic E-state index is -0.252. The first-order chi connectivity index (χ1) is 14.7. The molecular weight excluding hydrogens is 376 g/mol. The molecule has 0 radical (unpaired) electrons. The number of carbonyl (C=O) groups excluding carboxylic acids is 1. The average Bonchev–Trinajstić information content (AvgIpc) is 2.78. The predicted molar refractivity (Wildman–Crippen MR) is 121 cm³/mol. The quantitative estimate of drug-likeness (QED) is 0.513. The summed E-state index contributed by atoms with van der Waals surface area (Å²) in [6.07, 6.45) is 8.18. The lowest BCUT2D eigenvalue weighted by Gasteiger charge is -2.12. The molecule has 0 atom stereocenters. The van der Waals surface area contributed by atoms with Crippen LogP contribution in [0.25, 0.3) is 12.2 Å². The van der Waals surface area contributed by atoms with Gasteiger partial charge in [0.15, 0.2) is 18.1 Å². The molecule has 0 spiro atoms. The van der Waals surface area contributed by atoms with Crippen molar-refractivity contribution in [2.24, 2.45) is 0 Å². The number of anilines is 1. The predicted octanol–water partition coefficient (Wildman–Crippen LogP) is 5.01. The molecule has 3 aromatic rings. The van der Waals surface area contributed by atoms with Crippen LogP contribution in [0.3, 0.4) is 0 Å². The molecular formula is C25H24N2O3. The third kappa shape index (κ3) is 6.07. The molecule has 0 saturated carbocycles. The number of hydrogen-bond donors (Lipinski definition) is 1. The van der Waals surface area contributed by atoms with E-state index in [9.17, 15) is 4.79 Å². The molecule has 2 aromatic carbocycles. The number of pyridine rings is 1. The molecule has 0 unspecified atom stereocenters. The summed E-state index contributed by atoms with van der Waals surface area (Å²) < 4.78 is 11.0. The molecule has 0 saturated heterocycles. The summed E-state index contributed by atoms with van der Waals surface area (Å²) in [6, 6.07) is 18.9. The second-order valence-corrected chi connectivity index (χ2v) is 6.53. The Morgan fingerprint density at radius 3 is 2.73 bits per heavy atom. The Morgan fingerprint density at radius 1 is 1.07 bits per heavy atom. The second kappa shape index (κ2) is 10.6. The first-order valence-electron chi connectivity index (χ1n) is 9.57. The van der Waals surface area contributed by atoms with Crippen LogP contribution in [0, 0.1) is 0 Å². The highest BCUT2D eigenvalue weighted by Gasteiger charge is 2.09. The summed E-state index contributed by atoms with van der Waals surface area (Å²) in [5.74, 6) is 0.856. The Labute approximate surface area is 176 Å². The smallest absolute Gasteiger partial charge is 0.262 e. The van der Waals surface area contributed by atoms with Crippen molar-refractivity contribution in [3.05, 3.63) is 96.3 Å². The molecule has 1 heterocycles. The molecule has 1 N–H and O–H groups in total. The van der Waals surface area contributed by atoms with Crippen molar-refractivity contribution in [3.8, 4) is 11.5 Å². The number of hydrogen-bond acceptors (Lipinski definition) is 4. The van der Waals surface area contributed by atoms with Crippen LogP contribution in [-0.2, 0) is 11.2 Å². The number of nitrogens with one attached hydrogen (secondary N) is 1. The summed E-state index contributed by atoms with van der Waals surface area (Å²) in [7, 11) is 1.57. The van der Waals surface area contributed by atoms with Gasteiger partial charge in [-0.05, 0) is 60.0 Å². The minimum Gasteiger partial charge on any atom is -0.493 e. The van der Waals surface area contributed by atoms with Gasteiger partial charge in [0, 0.05) is 11.9 Å². The van der Waals surface area contributed by atoms with E-state index < -0.39 is 0 Å². The number of nitrogens with zero attached hydrogens (tertiary/aromatic N) is 1. The highest BCUT2D eigenvalue weighted by molar-refractivity contribution is 5.92. The van der Waals surface area contributed by atoms with Crippen LogP contribution in [0.1, 0.15) is 16.8 Å². The van der Waals surface area contributed by atoms with E-state index >= 15 is 0 Å². The van der Waals surface area contributed by atoms with Crippen LogP contribution in [0.5, 0.6) is 11.5 Å². The van der Waals surface area contributed by atoms with Gasteiger partial charge in [0.2, 0.25) is 0 Å². The SMILES string of the molecule is C=CCc1ccc(OCC(=O)Nc2cccc(C=Cc3ccccn3)c2)c(OC)c1. The van der Waals surface area contributed by atoms with Gasteiger partial charge in [0.05, 0.1) is 12.8 Å². The van der Waals surface area contributed by atoms with Gasteiger partial charge >= 0.3 is 0 Å². The third-order valence-electron chi connectivity index (χ3n) is 4.27. The Balaban J connectivity index is 1.59. The van der Waals surface area contributed by atoms with E-state index in [2.05, 4.69) is 16.9 Å². The number of benzene rings is 2. The molecule has 5 heteroatoms. The summed E-state index contributed by atoms with van der Waals surface area (Å²) in [5.41, 5.74) is 3.58. The zero-order chi connectivity index (χ0) is 21.2. The summed E-state index contributed by atoms with van der Waals surface area (Å²) in [5, 5.41) is 2.85. The average molecular weight is 400 g/mol. The lowest BCUT2D eigenvalue weighted by molar-refractivity contribution is -0.118. The van der Waals surface area contributed by atoms with Gasteiger partial charge in [-0.25, -0.2) is 0 Å². The van der Waals surface area contributed by atoms with Gasteiger partial charge in [0.1, 0.15) is 0 Å². The number of aromatic nitrogens is 1.